The molecule has 4 rings (SSSR count). The van der Waals surface area contributed by atoms with Crippen LogP contribution in [-0.4, -0.2) is 50.9 Å². The molecule has 1 aliphatic rings. The number of aliphatic carboxylic acids is 1. The van der Waals surface area contributed by atoms with Crippen LogP contribution in [0.2, 0.25) is 5.02 Å². The Morgan fingerprint density at radius 1 is 1.20 bits per heavy atom. The molecular formula is C28H29BrClN3O7. The smallest absolute Gasteiger partial charge is 0.437 e. The number of benzene rings is 2. The Balaban J connectivity index is 1.57. The van der Waals surface area contributed by atoms with Gasteiger partial charge in [-0.3, -0.25) is 4.79 Å². The monoisotopic (exact) mass is 633 g/mol. The Kier molecular flexibility index (Phi) is 8.74. The van der Waals surface area contributed by atoms with Crippen molar-refractivity contribution in [2.24, 2.45) is 18.0 Å². The minimum atomic E-state index is -1.12. The molecule has 1 amide bonds. The number of rotatable bonds is 7. The molecule has 0 saturated carbocycles. The molecule has 1 aliphatic heterocycles. The number of aromatic nitrogens is 2. The first-order chi connectivity index (χ1) is 18.8. The van der Waals surface area contributed by atoms with Crippen LogP contribution in [0.15, 0.2) is 52.2 Å². The van der Waals surface area contributed by atoms with Crippen molar-refractivity contribution in [2.75, 3.05) is 13.2 Å². The highest BCUT2D eigenvalue weighted by atomic mass is 79.9. The molecule has 10 nitrogen and oxygen atoms in total. The number of nitrogens with zero attached hydrogens (tertiary/aromatic N) is 3. The lowest BCUT2D eigenvalue weighted by Crippen LogP contribution is -2.30. The van der Waals surface area contributed by atoms with E-state index in [1.807, 2.05) is 6.07 Å². The molecule has 1 aromatic heterocycles. The van der Waals surface area contributed by atoms with E-state index in [1.165, 1.54) is 0 Å². The van der Waals surface area contributed by atoms with E-state index in [4.69, 9.17) is 30.9 Å². The molecule has 1 atom stereocenters. The zero-order valence-corrected chi connectivity index (χ0v) is 24.8. The molecular weight excluding hydrogens is 606 g/mol. The van der Waals surface area contributed by atoms with Crippen molar-refractivity contribution in [2.45, 2.75) is 39.3 Å². The number of hydrogen-bond acceptors (Lipinski definition) is 6. The molecule has 0 radical (unpaired) electrons. The van der Waals surface area contributed by atoms with Crippen LogP contribution in [0.1, 0.15) is 42.3 Å². The van der Waals surface area contributed by atoms with Crippen LogP contribution in [0, 0.1) is 5.92 Å². The van der Waals surface area contributed by atoms with Gasteiger partial charge in [0.05, 0.1) is 34.1 Å². The predicted molar refractivity (Wildman–Crippen MR) is 150 cm³/mol. The van der Waals surface area contributed by atoms with Gasteiger partial charge in [0.1, 0.15) is 17.1 Å². The summed E-state index contributed by atoms with van der Waals surface area (Å²) in [6, 6.07) is 8.68. The summed E-state index contributed by atoms with van der Waals surface area (Å²) in [5.41, 5.74) is 1.73. The van der Waals surface area contributed by atoms with E-state index in [9.17, 15) is 14.4 Å². The van der Waals surface area contributed by atoms with Crippen LogP contribution in [0.5, 0.6) is 11.5 Å². The molecule has 3 aromatic rings. The molecule has 0 saturated heterocycles. The summed E-state index contributed by atoms with van der Waals surface area (Å²) in [5, 5.41) is 9.18. The van der Waals surface area contributed by atoms with Crippen molar-refractivity contribution in [3.63, 3.8) is 0 Å². The lowest BCUT2D eigenvalue weighted by molar-refractivity contribution is -0.139. The van der Waals surface area contributed by atoms with E-state index in [1.54, 1.807) is 73.6 Å². The average molecular weight is 635 g/mol. The zero-order valence-electron chi connectivity index (χ0n) is 22.4. The number of imidazole rings is 1. The predicted octanol–water partition coefficient (Wildman–Crippen LogP) is 5.02. The Morgan fingerprint density at radius 3 is 2.65 bits per heavy atom. The first-order valence-corrected chi connectivity index (χ1v) is 13.6. The van der Waals surface area contributed by atoms with Crippen LogP contribution >= 0.6 is 27.5 Å². The lowest BCUT2D eigenvalue weighted by Gasteiger charge is -2.26. The molecule has 1 N–H and O–H groups in total. The van der Waals surface area contributed by atoms with Gasteiger partial charge in [0.2, 0.25) is 5.62 Å². The number of carboxylic acid groups (broad SMARTS) is 1. The second-order valence-electron chi connectivity index (χ2n) is 10.4. The maximum atomic E-state index is 13.6. The van der Waals surface area contributed by atoms with Crippen LogP contribution in [-0.2, 0) is 29.5 Å². The number of hydrogen-bond donors (Lipinski definition) is 1. The minimum absolute atomic E-state index is 0.0801. The van der Waals surface area contributed by atoms with Gasteiger partial charge in [0, 0.05) is 19.4 Å². The molecule has 0 spiro atoms. The van der Waals surface area contributed by atoms with Gasteiger partial charge in [-0.2, -0.15) is 0 Å². The summed E-state index contributed by atoms with van der Waals surface area (Å²) in [6.45, 7) is 5.32. The Morgan fingerprint density at radius 2 is 1.95 bits per heavy atom. The summed E-state index contributed by atoms with van der Waals surface area (Å²) in [7, 11) is 1.78. The fourth-order valence-electron chi connectivity index (χ4n) is 4.26. The minimum Gasteiger partial charge on any atom is -0.491 e. The summed E-state index contributed by atoms with van der Waals surface area (Å²) in [4.78, 5) is 40.9. The van der Waals surface area contributed by atoms with Crippen molar-refractivity contribution in [3.8, 4) is 11.5 Å². The summed E-state index contributed by atoms with van der Waals surface area (Å²) in [5.74, 6) is -0.949. The molecule has 40 heavy (non-hydrogen) atoms. The van der Waals surface area contributed by atoms with Gasteiger partial charge < -0.3 is 28.5 Å². The second kappa shape index (κ2) is 11.9. The van der Waals surface area contributed by atoms with Crippen LogP contribution < -0.4 is 15.1 Å². The quantitative estimate of drug-likeness (QED) is 0.387. The van der Waals surface area contributed by atoms with Gasteiger partial charge in [-0.05, 0) is 78.5 Å². The molecule has 0 aliphatic carbocycles. The number of halogens is 2. The van der Waals surface area contributed by atoms with Gasteiger partial charge in [0.25, 0.3) is 0 Å². The molecule has 1 unspecified atom stereocenters. The van der Waals surface area contributed by atoms with Crippen molar-refractivity contribution in [3.05, 3.63) is 74.5 Å². The van der Waals surface area contributed by atoms with Gasteiger partial charge in [-0.25, -0.2) is 9.59 Å². The number of ketones is 1. The highest BCUT2D eigenvalue weighted by Crippen LogP contribution is 2.37. The largest absolute Gasteiger partial charge is 0.491 e. The average Bonchev–Trinajstić information content (AvgIpc) is 3.18. The van der Waals surface area contributed by atoms with Crippen LogP contribution in [0.3, 0.4) is 0 Å². The van der Waals surface area contributed by atoms with Gasteiger partial charge in [-0.1, -0.05) is 17.7 Å². The topological polar surface area (TPSA) is 121 Å². The molecule has 212 valence electrons. The Hall–Kier alpha value is -3.57. The number of carbonyl (C=O) groups excluding carboxylic acids is 2. The molecule has 2 aromatic carbocycles. The van der Waals surface area contributed by atoms with Crippen LogP contribution in [0.4, 0.5) is 4.79 Å². The maximum absolute atomic E-state index is 13.6. The van der Waals surface area contributed by atoms with Gasteiger partial charge >= 0.3 is 12.1 Å². The molecule has 2 heterocycles. The number of carbonyl (C=O) groups is 3. The highest BCUT2D eigenvalue weighted by molar-refractivity contribution is 9.10. The molecule has 12 heteroatoms. The second-order valence-corrected chi connectivity index (χ2v) is 11.7. The highest BCUT2D eigenvalue weighted by Gasteiger charge is 2.31. The van der Waals surface area contributed by atoms with E-state index in [2.05, 4.69) is 20.9 Å². The van der Waals surface area contributed by atoms with Crippen molar-refractivity contribution in [1.29, 1.82) is 0 Å². The lowest BCUT2D eigenvalue weighted by atomic mass is 9.89. The van der Waals surface area contributed by atoms with Crippen LogP contribution in [0.25, 0.3) is 0 Å². The van der Waals surface area contributed by atoms with Gasteiger partial charge in [-0.15, -0.1) is 4.99 Å². The fourth-order valence-corrected chi connectivity index (χ4v) is 5.05. The number of amides is 1. The molecule has 0 fully saturated rings. The standard InChI is InChI=1S/C28H29BrClN3O7/c1-28(2,3)40-27(37)31-26-32(4)7-8-33(26)13-17-10-19-24(36)18(14-39-25(19)20(29)11-17)9-16-5-6-21(30)22(12-16)38-15-23(34)35/h5-8,10-12,18H,9,13-15H2,1-4H3,(H,34,35)/b31-26-. The number of ether oxygens (including phenoxy) is 3. The fraction of sp³-hybridized carbons (Fsp3) is 0.357. The third-order valence-corrected chi connectivity index (χ3v) is 6.88. The van der Waals surface area contributed by atoms with Crippen molar-refractivity contribution in [1.82, 2.24) is 9.13 Å². The maximum Gasteiger partial charge on any atom is 0.437 e. The van der Waals surface area contributed by atoms with E-state index in [0.29, 0.717) is 34.4 Å². The van der Waals surface area contributed by atoms with E-state index < -0.39 is 30.2 Å². The third kappa shape index (κ3) is 7.14. The van der Waals surface area contributed by atoms with E-state index in [0.717, 1.165) is 11.1 Å². The zero-order chi connectivity index (χ0) is 29.2. The summed E-state index contributed by atoms with van der Waals surface area (Å²) in [6.07, 6.45) is 3.23. The summed E-state index contributed by atoms with van der Waals surface area (Å²) < 4.78 is 20.7. The van der Waals surface area contributed by atoms with Crippen molar-refractivity contribution < 1.29 is 33.7 Å². The summed E-state index contributed by atoms with van der Waals surface area (Å²) >= 11 is 9.67. The first-order valence-electron chi connectivity index (χ1n) is 12.4. The van der Waals surface area contributed by atoms with Crippen molar-refractivity contribution >= 4 is 45.4 Å². The SMILES string of the molecule is Cn1ccn(Cc2cc(Br)c3c(c2)C(=O)C(Cc2ccc(Cl)c(OCC(=O)O)c2)CO3)/c1=N\C(=O)OC(C)(C)C. The normalized spacial score (nSPS) is 15.4. The van der Waals surface area contributed by atoms with E-state index >= 15 is 0 Å². The first kappa shape index (κ1) is 29.4. The Labute approximate surface area is 244 Å². The number of fused-ring (bicyclic) bond motifs is 1. The third-order valence-electron chi connectivity index (χ3n) is 5.98. The van der Waals surface area contributed by atoms with E-state index in [-0.39, 0.29) is 23.2 Å². The number of carboxylic acids is 1. The Bertz CT molecular complexity index is 1540. The van der Waals surface area contributed by atoms with Gasteiger partial charge in [0.15, 0.2) is 12.4 Å². The number of Topliss-reactive ketones (excluding diaryl/α,β-unsaturated/α-hetero) is 1. The number of aryl methyl sites for hydroxylation is 1. The molecule has 0 bridgehead atoms.